The minimum atomic E-state index is -0.345. The number of hydrogen-bond donors (Lipinski definition) is 1. The van der Waals surface area contributed by atoms with Gasteiger partial charge in [-0.2, -0.15) is 10.4 Å². The Morgan fingerprint density at radius 1 is 1.43 bits per heavy atom. The van der Waals surface area contributed by atoms with Crippen LogP contribution in [-0.2, 0) is 13.6 Å². The van der Waals surface area contributed by atoms with Crippen LogP contribution in [0.4, 0.5) is 0 Å². The van der Waals surface area contributed by atoms with E-state index in [0.29, 0.717) is 18.2 Å². The highest BCUT2D eigenvalue weighted by molar-refractivity contribution is 5.98. The lowest BCUT2D eigenvalue weighted by atomic mass is 10.1. The van der Waals surface area contributed by atoms with Gasteiger partial charge in [0.25, 0.3) is 5.91 Å². The standard InChI is InChI=1S/C16H15N5O2/c1-11-14(15(22)18-10-12-5-6-19-20(12)2)13(9-17)16(23-11)21-7-3-4-8-21/h3-8H,10H2,1-2H3,(H,18,22). The number of carbonyl (C=O) groups is 1. The summed E-state index contributed by atoms with van der Waals surface area (Å²) < 4.78 is 8.97. The molecule has 0 aliphatic carbocycles. The van der Waals surface area contributed by atoms with E-state index in [1.54, 1.807) is 41.8 Å². The van der Waals surface area contributed by atoms with Crippen LogP contribution in [0.3, 0.4) is 0 Å². The Balaban J connectivity index is 1.89. The second kappa shape index (κ2) is 5.85. The van der Waals surface area contributed by atoms with Crippen molar-refractivity contribution in [2.75, 3.05) is 0 Å². The summed E-state index contributed by atoms with van der Waals surface area (Å²) in [7, 11) is 1.80. The Kier molecular flexibility index (Phi) is 3.73. The largest absolute Gasteiger partial charge is 0.443 e. The van der Waals surface area contributed by atoms with Crippen LogP contribution in [0.15, 0.2) is 41.2 Å². The van der Waals surface area contributed by atoms with Gasteiger partial charge in [-0.15, -0.1) is 0 Å². The van der Waals surface area contributed by atoms with Gasteiger partial charge in [-0.25, -0.2) is 0 Å². The third kappa shape index (κ3) is 2.62. The maximum atomic E-state index is 12.5. The molecule has 0 radical (unpaired) electrons. The van der Waals surface area contributed by atoms with Gasteiger partial charge in [-0.05, 0) is 25.1 Å². The number of nitrogens with one attached hydrogen (secondary N) is 1. The molecule has 23 heavy (non-hydrogen) atoms. The summed E-state index contributed by atoms with van der Waals surface area (Å²) in [4.78, 5) is 12.5. The number of nitriles is 1. The molecule has 0 atom stereocenters. The zero-order valence-corrected chi connectivity index (χ0v) is 12.8. The van der Waals surface area contributed by atoms with Gasteiger partial charge in [0.1, 0.15) is 23.0 Å². The molecular formula is C16H15N5O2. The topological polar surface area (TPSA) is 88.8 Å². The summed E-state index contributed by atoms with van der Waals surface area (Å²) >= 11 is 0. The minimum absolute atomic E-state index is 0.223. The van der Waals surface area contributed by atoms with Crippen molar-refractivity contribution in [3.05, 3.63) is 59.4 Å². The second-order valence-electron chi connectivity index (χ2n) is 5.04. The summed E-state index contributed by atoms with van der Waals surface area (Å²) in [6.45, 7) is 2.00. The summed E-state index contributed by atoms with van der Waals surface area (Å²) in [6.07, 6.45) is 5.18. The maximum absolute atomic E-state index is 12.5. The molecule has 3 aromatic rings. The summed E-state index contributed by atoms with van der Waals surface area (Å²) in [5, 5.41) is 16.3. The molecule has 0 saturated carbocycles. The molecular weight excluding hydrogens is 294 g/mol. The van der Waals surface area contributed by atoms with Gasteiger partial charge < -0.3 is 9.73 Å². The van der Waals surface area contributed by atoms with Crippen LogP contribution in [0.5, 0.6) is 0 Å². The van der Waals surface area contributed by atoms with Crippen molar-refractivity contribution in [2.45, 2.75) is 13.5 Å². The fourth-order valence-corrected chi connectivity index (χ4v) is 2.39. The van der Waals surface area contributed by atoms with Crippen LogP contribution < -0.4 is 5.32 Å². The fraction of sp³-hybridized carbons (Fsp3) is 0.188. The zero-order valence-electron chi connectivity index (χ0n) is 12.8. The lowest BCUT2D eigenvalue weighted by Gasteiger charge is -2.05. The molecule has 0 unspecified atom stereocenters. The number of aryl methyl sites for hydroxylation is 2. The van der Waals surface area contributed by atoms with Crippen LogP contribution in [0.2, 0.25) is 0 Å². The second-order valence-corrected chi connectivity index (χ2v) is 5.04. The van der Waals surface area contributed by atoms with Crippen LogP contribution in [0, 0.1) is 18.3 Å². The molecule has 116 valence electrons. The normalized spacial score (nSPS) is 10.5. The number of amides is 1. The summed E-state index contributed by atoms with van der Waals surface area (Å²) in [5.41, 5.74) is 1.35. The van der Waals surface area contributed by atoms with E-state index in [4.69, 9.17) is 4.42 Å². The minimum Gasteiger partial charge on any atom is -0.443 e. The molecule has 0 saturated heterocycles. The van der Waals surface area contributed by atoms with Crippen molar-refractivity contribution < 1.29 is 9.21 Å². The van der Waals surface area contributed by atoms with Gasteiger partial charge >= 0.3 is 0 Å². The van der Waals surface area contributed by atoms with E-state index in [0.717, 1.165) is 5.69 Å². The Bertz CT molecular complexity index is 880. The smallest absolute Gasteiger partial charge is 0.256 e. The SMILES string of the molecule is Cc1oc(-n2cccc2)c(C#N)c1C(=O)NCc1ccnn1C. The number of rotatable bonds is 4. The quantitative estimate of drug-likeness (QED) is 0.797. The monoisotopic (exact) mass is 309 g/mol. The first-order chi connectivity index (χ1) is 11.1. The van der Waals surface area contributed by atoms with Crippen LogP contribution in [0.1, 0.15) is 27.4 Å². The van der Waals surface area contributed by atoms with Crippen molar-refractivity contribution >= 4 is 5.91 Å². The van der Waals surface area contributed by atoms with Crippen molar-refractivity contribution in [1.29, 1.82) is 5.26 Å². The predicted molar refractivity (Wildman–Crippen MR) is 81.9 cm³/mol. The van der Waals surface area contributed by atoms with Gasteiger partial charge in [0.05, 0.1) is 12.2 Å². The third-order valence-corrected chi connectivity index (χ3v) is 3.60. The number of nitrogens with zero attached hydrogens (tertiary/aromatic N) is 4. The Morgan fingerprint density at radius 3 is 2.78 bits per heavy atom. The van der Waals surface area contributed by atoms with Crippen molar-refractivity contribution in [2.24, 2.45) is 7.05 Å². The van der Waals surface area contributed by atoms with Gasteiger partial charge in [-0.3, -0.25) is 14.0 Å². The lowest BCUT2D eigenvalue weighted by molar-refractivity contribution is 0.0948. The molecule has 7 heteroatoms. The maximum Gasteiger partial charge on any atom is 0.256 e. The molecule has 1 N–H and O–H groups in total. The summed E-state index contributed by atoms with van der Waals surface area (Å²) in [6, 6.07) is 7.53. The first-order valence-corrected chi connectivity index (χ1v) is 7.03. The molecule has 0 spiro atoms. The van der Waals surface area contributed by atoms with Crippen LogP contribution in [0.25, 0.3) is 5.88 Å². The van der Waals surface area contributed by atoms with E-state index < -0.39 is 0 Å². The molecule has 3 aromatic heterocycles. The van der Waals surface area contributed by atoms with E-state index in [1.165, 1.54) is 0 Å². The van der Waals surface area contributed by atoms with Crippen molar-refractivity contribution in [1.82, 2.24) is 19.7 Å². The molecule has 0 bridgehead atoms. The zero-order chi connectivity index (χ0) is 16.4. The van der Waals surface area contributed by atoms with E-state index >= 15 is 0 Å². The number of furan rings is 1. The lowest BCUT2D eigenvalue weighted by Crippen LogP contribution is -2.25. The van der Waals surface area contributed by atoms with Crippen LogP contribution in [-0.4, -0.2) is 20.3 Å². The Hall–Kier alpha value is -3.27. The highest BCUT2D eigenvalue weighted by Crippen LogP contribution is 2.25. The van der Waals surface area contributed by atoms with Crippen LogP contribution >= 0.6 is 0 Å². The van der Waals surface area contributed by atoms with Gasteiger partial charge in [0.2, 0.25) is 5.88 Å². The molecule has 0 aliphatic heterocycles. The van der Waals surface area contributed by atoms with Crippen molar-refractivity contribution in [3.63, 3.8) is 0 Å². The van der Waals surface area contributed by atoms with E-state index in [9.17, 15) is 10.1 Å². The van der Waals surface area contributed by atoms with E-state index in [1.807, 2.05) is 18.2 Å². The molecule has 1 amide bonds. The molecule has 0 aromatic carbocycles. The highest BCUT2D eigenvalue weighted by atomic mass is 16.4. The van der Waals surface area contributed by atoms with Gasteiger partial charge in [0, 0.05) is 25.6 Å². The average molecular weight is 309 g/mol. The van der Waals surface area contributed by atoms with Crippen molar-refractivity contribution in [3.8, 4) is 12.0 Å². The first kappa shape index (κ1) is 14.7. The third-order valence-electron chi connectivity index (χ3n) is 3.60. The fourth-order valence-electron chi connectivity index (χ4n) is 2.39. The molecule has 3 heterocycles. The summed E-state index contributed by atoms with van der Waals surface area (Å²) in [5.74, 6) is 0.413. The average Bonchev–Trinajstić information content (AvgIpc) is 3.24. The Morgan fingerprint density at radius 2 is 2.17 bits per heavy atom. The molecule has 3 rings (SSSR count). The molecule has 0 fully saturated rings. The number of hydrogen-bond acceptors (Lipinski definition) is 4. The highest BCUT2D eigenvalue weighted by Gasteiger charge is 2.24. The van der Waals surface area contributed by atoms with Gasteiger partial charge in [-0.1, -0.05) is 0 Å². The van der Waals surface area contributed by atoms with E-state index in [2.05, 4.69) is 16.5 Å². The Labute approximate surface area is 132 Å². The molecule has 0 aliphatic rings. The predicted octanol–water partition coefficient (Wildman–Crippen LogP) is 1.91. The number of aromatic nitrogens is 3. The molecule has 7 nitrogen and oxygen atoms in total. The van der Waals surface area contributed by atoms with Gasteiger partial charge in [0.15, 0.2) is 0 Å². The number of carbonyl (C=O) groups excluding carboxylic acids is 1. The first-order valence-electron chi connectivity index (χ1n) is 7.03. The van der Waals surface area contributed by atoms with E-state index in [-0.39, 0.29) is 17.0 Å².